The number of nitrogens with zero attached hydrogens (tertiary/aromatic N) is 2. The number of halogens is 1. The second-order valence-corrected chi connectivity index (χ2v) is 8.49. The van der Waals surface area contributed by atoms with Gasteiger partial charge in [0.25, 0.3) is 0 Å². The zero-order valence-electron chi connectivity index (χ0n) is 12.3. The molecule has 0 spiro atoms. The first-order chi connectivity index (χ1) is 9.69. The zero-order valence-corrected chi connectivity index (χ0v) is 14.7. The van der Waals surface area contributed by atoms with Crippen LogP contribution in [0.1, 0.15) is 38.6 Å². The van der Waals surface area contributed by atoms with Gasteiger partial charge in [0.15, 0.2) is 0 Å². The minimum absolute atomic E-state index is 0.0352. The van der Waals surface area contributed by atoms with E-state index in [1.807, 2.05) is 26.2 Å². The van der Waals surface area contributed by atoms with Crippen LogP contribution >= 0.6 is 27.3 Å². The minimum atomic E-state index is -0.903. The van der Waals surface area contributed by atoms with Crippen LogP contribution in [0.5, 0.6) is 0 Å². The quantitative estimate of drug-likeness (QED) is 0.819. The maximum Gasteiger partial charge on any atom is 0.410 e. The van der Waals surface area contributed by atoms with Gasteiger partial charge < -0.3 is 14.7 Å². The lowest BCUT2D eigenvalue weighted by atomic mass is 9.90. The molecule has 1 aromatic heterocycles. The van der Waals surface area contributed by atoms with Crippen LogP contribution in [0.25, 0.3) is 0 Å². The van der Waals surface area contributed by atoms with Gasteiger partial charge in [-0.1, -0.05) is 0 Å². The first-order valence-corrected chi connectivity index (χ1v) is 8.70. The Morgan fingerprint density at radius 1 is 1.62 bits per heavy atom. The number of hydrogen-bond acceptors (Lipinski definition) is 5. The van der Waals surface area contributed by atoms with Gasteiger partial charge in [0, 0.05) is 30.3 Å². The number of hydrogen-bond donors (Lipinski definition) is 1. The summed E-state index contributed by atoms with van der Waals surface area (Å²) in [6.45, 7) is 6.13. The van der Waals surface area contributed by atoms with Crippen molar-refractivity contribution >= 4 is 33.4 Å². The molecule has 3 unspecified atom stereocenters. The molecule has 21 heavy (non-hydrogen) atoms. The van der Waals surface area contributed by atoms with Crippen molar-refractivity contribution in [3.05, 3.63) is 15.0 Å². The Labute approximate surface area is 136 Å². The number of fused-ring (bicyclic) bond motifs is 2. The van der Waals surface area contributed by atoms with E-state index in [1.54, 1.807) is 4.90 Å². The van der Waals surface area contributed by atoms with Crippen LogP contribution in [-0.4, -0.2) is 39.3 Å². The molecule has 1 aliphatic carbocycles. The fourth-order valence-electron chi connectivity index (χ4n) is 3.24. The third-order valence-corrected chi connectivity index (χ3v) is 5.83. The predicted octanol–water partition coefficient (Wildman–Crippen LogP) is 3.12. The van der Waals surface area contributed by atoms with Crippen molar-refractivity contribution in [3.8, 4) is 0 Å². The third kappa shape index (κ3) is 2.71. The van der Waals surface area contributed by atoms with Gasteiger partial charge in [-0.3, -0.25) is 0 Å². The van der Waals surface area contributed by atoms with E-state index in [9.17, 15) is 9.90 Å². The molecule has 2 aliphatic rings. The second-order valence-electron chi connectivity index (χ2n) is 6.82. The Kier molecular flexibility index (Phi) is 3.58. The van der Waals surface area contributed by atoms with E-state index in [1.165, 1.54) is 11.3 Å². The molecule has 1 saturated carbocycles. The topological polar surface area (TPSA) is 62.7 Å². The van der Waals surface area contributed by atoms with E-state index in [0.29, 0.717) is 13.0 Å². The van der Waals surface area contributed by atoms with Crippen LogP contribution in [-0.2, 0) is 10.3 Å². The predicted molar refractivity (Wildman–Crippen MR) is 83.2 cm³/mol. The third-order valence-electron chi connectivity index (χ3n) is 4.11. The Hall–Kier alpha value is -0.660. The van der Waals surface area contributed by atoms with Crippen LogP contribution in [0.4, 0.5) is 4.79 Å². The summed E-state index contributed by atoms with van der Waals surface area (Å²) in [5, 5.41) is 13.6. The van der Waals surface area contributed by atoms with Crippen LogP contribution in [0.15, 0.2) is 9.98 Å². The molecule has 0 radical (unpaired) electrons. The number of amides is 1. The van der Waals surface area contributed by atoms with E-state index in [0.717, 1.165) is 16.0 Å². The highest BCUT2D eigenvalue weighted by atomic mass is 79.9. The minimum Gasteiger partial charge on any atom is -0.444 e. The largest absolute Gasteiger partial charge is 0.444 e. The van der Waals surface area contributed by atoms with Crippen molar-refractivity contribution < 1.29 is 14.6 Å². The molecular weight excluding hydrogens is 356 g/mol. The van der Waals surface area contributed by atoms with Crippen molar-refractivity contribution in [2.24, 2.45) is 5.92 Å². The van der Waals surface area contributed by atoms with Crippen molar-refractivity contribution in [2.45, 2.75) is 50.9 Å². The SMILES string of the molecule is CC(C)(C)OC(=O)N1CC2CC1CC2(O)c1nc(Br)cs1. The lowest BCUT2D eigenvalue weighted by Crippen LogP contribution is -2.48. The molecule has 2 fully saturated rings. The average Bonchev–Trinajstić information content (AvgIpc) is 3.00. The monoisotopic (exact) mass is 374 g/mol. The van der Waals surface area contributed by atoms with Gasteiger partial charge in [0.1, 0.15) is 20.8 Å². The first kappa shape index (κ1) is 15.2. The van der Waals surface area contributed by atoms with Crippen LogP contribution in [0.3, 0.4) is 0 Å². The summed E-state index contributed by atoms with van der Waals surface area (Å²) in [7, 11) is 0. The number of likely N-dealkylation sites (tertiary alicyclic amines) is 1. The van der Waals surface area contributed by atoms with Gasteiger partial charge in [0.05, 0.1) is 0 Å². The Bertz CT molecular complexity index is 571. The van der Waals surface area contributed by atoms with Crippen LogP contribution in [0.2, 0.25) is 0 Å². The fraction of sp³-hybridized carbons (Fsp3) is 0.714. The summed E-state index contributed by atoms with van der Waals surface area (Å²) in [4.78, 5) is 18.3. The standard InChI is InChI=1S/C14H19BrN2O3S/c1-13(2,3)20-12(18)17-6-8-4-9(17)5-14(8,19)11-16-10(15)7-21-11/h7-9,19H,4-6H2,1-3H3. The summed E-state index contributed by atoms with van der Waals surface area (Å²) in [6, 6.07) is 0.0394. The van der Waals surface area contributed by atoms with Crippen molar-refractivity contribution in [2.75, 3.05) is 6.54 Å². The van der Waals surface area contributed by atoms with E-state index in [2.05, 4.69) is 20.9 Å². The summed E-state index contributed by atoms with van der Waals surface area (Å²) in [6.07, 6.45) is 1.07. The molecule has 2 bridgehead atoms. The van der Waals surface area contributed by atoms with Gasteiger partial charge in [-0.15, -0.1) is 11.3 Å². The second kappa shape index (κ2) is 4.93. The molecule has 1 saturated heterocycles. The molecule has 5 nitrogen and oxygen atoms in total. The first-order valence-electron chi connectivity index (χ1n) is 7.02. The molecule has 2 heterocycles. The number of carbonyl (C=O) groups excluding carboxylic acids is 1. The molecule has 1 aliphatic heterocycles. The maximum absolute atomic E-state index is 12.2. The van der Waals surface area contributed by atoms with Gasteiger partial charge in [-0.2, -0.15) is 0 Å². The molecule has 0 aromatic carbocycles. The van der Waals surface area contributed by atoms with Gasteiger partial charge >= 0.3 is 6.09 Å². The zero-order chi connectivity index (χ0) is 15.4. The number of rotatable bonds is 1. The molecule has 3 atom stereocenters. The number of aromatic nitrogens is 1. The Morgan fingerprint density at radius 3 is 2.81 bits per heavy atom. The molecule has 1 aromatic rings. The molecular formula is C14H19BrN2O3S. The highest BCUT2D eigenvalue weighted by Crippen LogP contribution is 2.51. The van der Waals surface area contributed by atoms with Crippen molar-refractivity contribution in [3.63, 3.8) is 0 Å². The Balaban J connectivity index is 1.73. The van der Waals surface area contributed by atoms with E-state index in [4.69, 9.17) is 4.74 Å². The lowest BCUT2D eigenvalue weighted by molar-refractivity contribution is -0.0440. The summed E-state index contributed by atoms with van der Waals surface area (Å²) in [5.74, 6) is 0.0352. The smallest absolute Gasteiger partial charge is 0.410 e. The summed E-state index contributed by atoms with van der Waals surface area (Å²) in [5.41, 5.74) is -1.39. The Morgan fingerprint density at radius 2 is 2.33 bits per heavy atom. The summed E-state index contributed by atoms with van der Waals surface area (Å²) >= 11 is 4.79. The number of carbonyl (C=O) groups is 1. The summed E-state index contributed by atoms with van der Waals surface area (Å²) < 4.78 is 6.19. The fourth-order valence-corrected chi connectivity index (χ4v) is 4.68. The molecule has 1 amide bonds. The van der Waals surface area contributed by atoms with Crippen molar-refractivity contribution in [1.29, 1.82) is 0 Å². The number of ether oxygens (including phenoxy) is 1. The van der Waals surface area contributed by atoms with E-state index >= 15 is 0 Å². The number of thiazole rings is 1. The van der Waals surface area contributed by atoms with Gasteiger partial charge in [-0.25, -0.2) is 9.78 Å². The van der Waals surface area contributed by atoms with Gasteiger partial charge in [-0.05, 0) is 43.1 Å². The lowest BCUT2D eigenvalue weighted by Gasteiger charge is -2.37. The molecule has 3 rings (SSSR count). The van der Waals surface area contributed by atoms with Gasteiger partial charge in [0.2, 0.25) is 0 Å². The van der Waals surface area contributed by atoms with Crippen LogP contribution in [0, 0.1) is 5.92 Å². The number of aliphatic hydroxyl groups is 1. The maximum atomic E-state index is 12.2. The van der Waals surface area contributed by atoms with Crippen LogP contribution < -0.4 is 0 Å². The number of piperidine rings is 1. The molecule has 116 valence electrons. The van der Waals surface area contributed by atoms with E-state index < -0.39 is 11.2 Å². The molecule has 1 N–H and O–H groups in total. The highest BCUT2D eigenvalue weighted by molar-refractivity contribution is 9.10. The average molecular weight is 375 g/mol. The normalized spacial score (nSPS) is 31.8. The van der Waals surface area contributed by atoms with Crippen molar-refractivity contribution in [1.82, 2.24) is 9.88 Å². The highest BCUT2D eigenvalue weighted by Gasteiger charge is 2.57. The van der Waals surface area contributed by atoms with E-state index in [-0.39, 0.29) is 18.1 Å². The molecule has 7 heteroatoms.